The molecule has 1 saturated carbocycles. The molecule has 1 aliphatic carbocycles. The van der Waals surface area contributed by atoms with Crippen LogP contribution in [0.15, 0.2) is 0 Å². The van der Waals surface area contributed by atoms with E-state index in [-0.39, 0.29) is 0 Å². The predicted molar refractivity (Wildman–Crippen MR) is 56.5 cm³/mol. The Morgan fingerprint density at radius 1 is 1.57 bits per heavy atom. The third-order valence-corrected chi connectivity index (χ3v) is 2.97. The molecule has 0 aliphatic heterocycles. The summed E-state index contributed by atoms with van der Waals surface area (Å²) in [6, 6.07) is -0.547. The van der Waals surface area contributed by atoms with E-state index in [4.69, 9.17) is 11.5 Å². The van der Waals surface area contributed by atoms with Crippen molar-refractivity contribution in [3.05, 3.63) is 0 Å². The Morgan fingerprint density at radius 3 is 2.79 bits per heavy atom. The third-order valence-electron chi connectivity index (χ3n) is 2.97. The van der Waals surface area contributed by atoms with E-state index in [1.807, 2.05) is 0 Å². The zero-order chi connectivity index (χ0) is 10.6. The highest BCUT2D eigenvalue weighted by molar-refractivity contribution is 5.79. The standard InChI is InChI=1S/C10H21N3O/c1-7-2-3-8(4-7)5-13-6-9(11)10(12)14/h7-9,13H,2-6,11H2,1H3,(H2,12,14). The summed E-state index contributed by atoms with van der Waals surface area (Å²) in [5, 5.41) is 3.20. The van der Waals surface area contributed by atoms with Crippen molar-refractivity contribution in [1.82, 2.24) is 5.32 Å². The van der Waals surface area contributed by atoms with E-state index in [9.17, 15) is 4.79 Å². The number of primary amides is 1. The van der Waals surface area contributed by atoms with Crippen molar-refractivity contribution >= 4 is 5.91 Å². The zero-order valence-corrected chi connectivity index (χ0v) is 8.83. The number of amides is 1. The molecule has 14 heavy (non-hydrogen) atoms. The Hall–Kier alpha value is -0.610. The molecule has 0 heterocycles. The van der Waals surface area contributed by atoms with Gasteiger partial charge in [-0.15, -0.1) is 0 Å². The molecule has 1 fully saturated rings. The first-order chi connectivity index (χ1) is 6.59. The van der Waals surface area contributed by atoms with Crippen LogP contribution in [0, 0.1) is 11.8 Å². The van der Waals surface area contributed by atoms with Crippen molar-refractivity contribution in [1.29, 1.82) is 0 Å². The molecule has 0 bridgehead atoms. The van der Waals surface area contributed by atoms with Crippen LogP contribution >= 0.6 is 0 Å². The second kappa shape index (κ2) is 5.32. The van der Waals surface area contributed by atoms with Crippen LogP contribution in [0.4, 0.5) is 0 Å². The largest absolute Gasteiger partial charge is 0.368 e. The Kier molecular flexibility index (Phi) is 4.35. The minimum Gasteiger partial charge on any atom is -0.368 e. The highest BCUT2D eigenvalue weighted by Gasteiger charge is 2.21. The van der Waals surface area contributed by atoms with Crippen molar-refractivity contribution in [3.63, 3.8) is 0 Å². The topological polar surface area (TPSA) is 81.1 Å². The molecule has 4 nitrogen and oxygen atoms in total. The number of hydrogen-bond acceptors (Lipinski definition) is 3. The summed E-state index contributed by atoms with van der Waals surface area (Å²) < 4.78 is 0. The van der Waals surface area contributed by atoms with Gasteiger partial charge >= 0.3 is 0 Å². The number of carbonyl (C=O) groups excluding carboxylic acids is 1. The molecule has 0 radical (unpaired) electrons. The van der Waals surface area contributed by atoms with Crippen molar-refractivity contribution < 1.29 is 4.79 Å². The monoisotopic (exact) mass is 199 g/mol. The molecule has 0 aromatic heterocycles. The van der Waals surface area contributed by atoms with Crippen LogP contribution in [0.5, 0.6) is 0 Å². The second-order valence-electron chi connectivity index (χ2n) is 4.45. The summed E-state index contributed by atoms with van der Waals surface area (Å²) in [5.74, 6) is 1.17. The molecule has 82 valence electrons. The fourth-order valence-corrected chi connectivity index (χ4v) is 2.05. The Bertz CT molecular complexity index is 196. The van der Waals surface area contributed by atoms with E-state index in [1.165, 1.54) is 19.3 Å². The lowest BCUT2D eigenvalue weighted by molar-refractivity contribution is -0.119. The summed E-state index contributed by atoms with van der Waals surface area (Å²) in [6.45, 7) is 3.75. The summed E-state index contributed by atoms with van der Waals surface area (Å²) in [6.07, 6.45) is 3.91. The SMILES string of the molecule is CC1CCC(CNCC(N)C(N)=O)C1. The first kappa shape index (κ1) is 11.5. The fraction of sp³-hybridized carbons (Fsp3) is 0.900. The maximum Gasteiger partial charge on any atom is 0.235 e. The van der Waals surface area contributed by atoms with Gasteiger partial charge in [-0.3, -0.25) is 4.79 Å². The second-order valence-corrected chi connectivity index (χ2v) is 4.45. The maximum atomic E-state index is 10.6. The predicted octanol–water partition coefficient (Wildman–Crippen LogP) is -0.175. The Balaban J connectivity index is 2.07. The molecule has 0 saturated heterocycles. The van der Waals surface area contributed by atoms with Gasteiger partial charge in [-0.1, -0.05) is 13.3 Å². The smallest absolute Gasteiger partial charge is 0.235 e. The summed E-state index contributed by atoms with van der Waals surface area (Å²) >= 11 is 0. The van der Waals surface area contributed by atoms with Crippen molar-refractivity contribution in [2.75, 3.05) is 13.1 Å². The molecular weight excluding hydrogens is 178 g/mol. The summed E-state index contributed by atoms with van der Waals surface area (Å²) in [4.78, 5) is 10.6. The van der Waals surface area contributed by atoms with Crippen molar-refractivity contribution in [3.8, 4) is 0 Å². The molecule has 1 amide bonds. The fourth-order valence-electron chi connectivity index (χ4n) is 2.05. The van der Waals surface area contributed by atoms with E-state index in [1.54, 1.807) is 0 Å². The Morgan fingerprint density at radius 2 is 2.29 bits per heavy atom. The number of hydrogen-bond donors (Lipinski definition) is 3. The lowest BCUT2D eigenvalue weighted by atomic mass is 10.1. The van der Waals surface area contributed by atoms with E-state index in [0.29, 0.717) is 6.54 Å². The van der Waals surface area contributed by atoms with Gasteiger partial charge in [-0.05, 0) is 31.2 Å². The van der Waals surface area contributed by atoms with Gasteiger partial charge in [-0.25, -0.2) is 0 Å². The van der Waals surface area contributed by atoms with Gasteiger partial charge in [0.25, 0.3) is 0 Å². The molecule has 5 N–H and O–H groups in total. The molecule has 0 spiro atoms. The quantitative estimate of drug-likeness (QED) is 0.575. The van der Waals surface area contributed by atoms with Gasteiger partial charge in [-0.2, -0.15) is 0 Å². The molecule has 4 heteroatoms. The van der Waals surface area contributed by atoms with Gasteiger partial charge in [0.1, 0.15) is 0 Å². The minimum atomic E-state index is -0.547. The van der Waals surface area contributed by atoms with Crippen LogP contribution in [0.1, 0.15) is 26.2 Å². The minimum absolute atomic E-state index is 0.433. The number of nitrogens with two attached hydrogens (primary N) is 2. The highest BCUT2D eigenvalue weighted by atomic mass is 16.1. The average Bonchev–Trinajstić information content (AvgIpc) is 2.51. The molecule has 3 atom stereocenters. The molecular formula is C10H21N3O. The maximum absolute atomic E-state index is 10.6. The van der Waals surface area contributed by atoms with Crippen LogP contribution in [-0.2, 0) is 4.79 Å². The van der Waals surface area contributed by atoms with Crippen LogP contribution in [0.2, 0.25) is 0 Å². The van der Waals surface area contributed by atoms with Crippen molar-refractivity contribution in [2.24, 2.45) is 23.3 Å². The van der Waals surface area contributed by atoms with Crippen LogP contribution in [0.3, 0.4) is 0 Å². The third kappa shape index (κ3) is 3.64. The molecule has 0 aromatic rings. The lowest BCUT2D eigenvalue weighted by Crippen LogP contribution is -2.45. The van der Waals surface area contributed by atoms with E-state index >= 15 is 0 Å². The van der Waals surface area contributed by atoms with Gasteiger partial charge in [0.05, 0.1) is 6.04 Å². The van der Waals surface area contributed by atoms with Crippen LogP contribution in [-0.4, -0.2) is 25.0 Å². The Labute approximate surface area is 85.4 Å². The first-order valence-corrected chi connectivity index (χ1v) is 5.35. The lowest BCUT2D eigenvalue weighted by Gasteiger charge is -2.13. The van der Waals surface area contributed by atoms with E-state index in [0.717, 1.165) is 18.4 Å². The van der Waals surface area contributed by atoms with Gasteiger partial charge < -0.3 is 16.8 Å². The van der Waals surface area contributed by atoms with Gasteiger partial charge in [0.15, 0.2) is 0 Å². The molecule has 1 rings (SSSR count). The van der Waals surface area contributed by atoms with Crippen LogP contribution < -0.4 is 16.8 Å². The normalized spacial score (nSPS) is 29.0. The number of carbonyl (C=O) groups is 1. The zero-order valence-electron chi connectivity index (χ0n) is 8.83. The van der Waals surface area contributed by atoms with E-state index in [2.05, 4.69) is 12.2 Å². The average molecular weight is 199 g/mol. The van der Waals surface area contributed by atoms with Gasteiger partial charge in [0, 0.05) is 6.54 Å². The summed E-state index contributed by atoms with van der Waals surface area (Å²) in [5.41, 5.74) is 10.5. The number of rotatable bonds is 5. The molecule has 1 aliphatic rings. The first-order valence-electron chi connectivity index (χ1n) is 5.35. The van der Waals surface area contributed by atoms with E-state index < -0.39 is 11.9 Å². The van der Waals surface area contributed by atoms with Crippen molar-refractivity contribution in [2.45, 2.75) is 32.2 Å². The summed E-state index contributed by atoms with van der Waals surface area (Å²) in [7, 11) is 0. The molecule has 0 aromatic carbocycles. The van der Waals surface area contributed by atoms with Gasteiger partial charge in [0.2, 0.25) is 5.91 Å². The molecule has 3 unspecified atom stereocenters. The highest BCUT2D eigenvalue weighted by Crippen LogP contribution is 2.29. The number of nitrogens with one attached hydrogen (secondary N) is 1. The van der Waals surface area contributed by atoms with Crippen LogP contribution in [0.25, 0.3) is 0 Å².